The molecule has 4 heterocycles. The average molecular weight is 571 g/mol. The average Bonchev–Trinajstić information content (AvgIpc) is 3.49. The topological polar surface area (TPSA) is 88.1 Å². The van der Waals surface area contributed by atoms with E-state index >= 15 is 0 Å². The van der Waals surface area contributed by atoms with Crippen molar-refractivity contribution in [2.75, 3.05) is 5.73 Å². The molecule has 1 saturated carbocycles. The molecule has 9 heteroatoms. The van der Waals surface area contributed by atoms with Crippen LogP contribution in [-0.4, -0.2) is 37.5 Å². The molecule has 2 fully saturated rings. The van der Waals surface area contributed by atoms with E-state index in [1.807, 2.05) is 26.0 Å². The summed E-state index contributed by atoms with van der Waals surface area (Å²) < 4.78 is 16.2. The third-order valence-electron chi connectivity index (χ3n) is 8.02. The number of nitrogen functional groups attached to an aromatic ring is 1. The van der Waals surface area contributed by atoms with Gasteiger partial charge in [-0.25, -0.2) is 15.0 Å². The van der Waals surface area contributed by atoms with Crippen molar-refractivity contribution in [3.05, 3.63) is 58.0 Å². The first kappa shape index (κ1) is 24.1. The van der Waals surface area contributed by atoms with E-state index in [-0.39, 0.29) is 23.7 Å². The van der Waals surface area contributed by atoms with Crippen molar-refractivity contribution >= 4 is 55.3 Å². The lowest BCUT2D eigenvalue weighted by Gasteiger charge is -2.34. The molecule has 0 spiro atoms. The van der Waals surface area contributed by atoms with Crippen molar-refractivity contribution in [1.82, 2.24) is 19.5 Å². The number of nitrogens with two attached hydrogens (primary N) is 1. The Morgan fingerprint density at radius 2 is 2.03 bits per heavy atom. The SMILES string of the molecule is CC[C@]1(CCc2ccc3cc(Br)c(N)nc3c2)C[C@@H](n2ccc3c(Cl)ncnc32)[C@@H]2OC(C)(C)O[C@@H]21. The maximum absolute atomic E-state index is 6.60. The molecule has 1 aromatic carbocycles. The van der Waals surface area contributed by atoms with Gasteiger partial charge in [0.2, 0.25) is 0 Å². The number of aryl methyl sites for hydroxylation is 1. The predicted molar refractivity (Wildman–Crippen MR) is 145 cm³/mol. The van der Waals surface area contributed by atoms with Gasteiger partial charge in [0.05, 0.1) is 27.5 Å². The zero-order chi connectivity index (χ0) is 25.2. The Hall–Kier alpha value is -2.26. The second kappa shape index (κ2) is 8.65. The normalized spacial score (nSPS) is 27.2. The zero-order valence-corrected chi connectivity index (χ0v) is 22.9. The second-order valence-corrected chi connectivity index (χ2v) is 11.7. The zero-order valence-electron chi connectivity index (χ0n) is 20.5. The number of fused-ring (bicyclic) bond motifs is 3. The van der Waals surface area contributed by atoms with Crippen LogP contribution >= 0.6 is 27.5 Å². The molecule has 7 nitrogen and oxygen atoms in total. The molecule has 1 saturated heterocycles. The lowest BCUT2D eigenvalue weighted by atomic mass is 9.76. The van der Waals surface area contributed by atoms with Gasteiger partial charge < -0.3 is 19.8 Å². The summed E-state index contributed by atoms with van der Waals surface area (Å²) in [5, 5.41) is 2.40. The van der Waals surface area contributed by atoms with Crippen LogP contribution in [0.5, 0.6) is 0 Å². The van der Waals surface area contributed by atoms with Crippen LogP contribution in [0.25, 0.3) is 21.9 Å². The van der Waals surface area contributed by atoms with Crippen molar-refractivity contribution in [2.24, 2.45) is 5.41 Å². The number of hydrogen-bond donors (Lipinski definition) is 1. The van der Waals surface area contributed by atoms with E-state index in [1.54, 1.807) is 0 Å². The quantitative estimate of drug-likeness (QED) is 0.277. The molecule has 1 aliphatic carbocycles. The minimum Gasteiger partial charge on any atom is -0.383 e. The predicted octanol–water partition coefficient (Wildman–Crippen LogP) is 6.47. The van der Waals surface area contributed by atoms with E-state index in [1.165, 1.54) is 11.9 Å². The molecule has 188 valence electrons. The molecule has 6 rings (SSSR count). The Kier molecular flexibility index (Phi) is 5.79. The molecule has 1 aliphatic heterocycles. The summed E-state index contributed by atoms with van der Waals surface area (Å²) in [5.41, 5.74) is 8.99. The molecular weight excluding hydrogens is 542 g/mol. The number of pyridine rings is 1. The first-order valence-corrected chi connectivity index (χ1v) is 13.5. The Morgan fingerprint density at radius 3 is 2.83 bits per heavy atom. The molecular formula is C27H29BrClN5O2. The first-order chi connectivity index (χ1) is 17.2. The highest BCUT2D eigenvalue weighted by atomic mass is 79.9. The maximum Gasteiger partial charge on any atom is 0.163 e. The van der Waals surface area contributed by atoms with E-state index in [0.717, 1.165) is 52.1 Å². The summed E-state index contributed by atoms with van der Waals surface area (Å²) in [6.45, 7) is 6.28. The number of benzene rings is 1. The molecule has 0 radical (unpaired) electrons. The van der Waals surface area contributed by atoms with Crippen LogP contribution in [0.2, 0.25) is 5.15 Å². The molecule has 3 aromatic heterocycles. The van der Waals surface area contributed by atoms with Crippen molar-refractivity contribution in [3.63, 3.8) is 0 Å². The third kappa shape index (κ3) is 3.90. The van der Waals surface area contributed by atoms with Gasteiger partial charge in [0.15, 0.2) is 5.79 Å². The number of aromatic nitrogens is 4. The number of rotatable bonds is 5. The molecule has 4 aromatic rings. The minimum absolute atomic E-state index is 0.0116. The lowest BCUT2D eigenvalue weighted by molar-refractivity contribution is -0.170. The fourth-order valence-corrected chi connectivity index (χ4v) is 6.70. The van der Waals surface area contributed by atoms with Crippen LogP contribution in [0, 0.1) is 5.41 Å². The molecule has 4 atom stereocenters. The summed E-state index contributed by atoms with van der Waals surface area (Å²) in [5.74, 6) is -0.130. The molecule has 2 aliphatic rings. The van der Waals surface area contributed by atoms with Crippen LogP contribution in [0.3, 0.4) is 0 Å². The summed E-state index contributed by atoms with van der Waals surface area (Å²) in [7, 11) is 0. The number of nitrogens with zero attached hydrogens (tertiary/aromatic N) is 4. The van der Waals surface area contributed by atoms with E-state index in [9.17, 15) is 0 Å². The van der Waals surface area contributed by atoms with Crippen molar-refractivity contribution in [3.8, 4) is 0 Å². The van der Waals surface area contributed by atoms with Crippen LogP contribution in [0.4, 0.5) is 5.82 Å². The Balaban J connectivity index is 1.33. The number of halogens is 2. The molecule has 2 N–H and O–H groups in total. The summed E-state index contributed by atoms with van der Waals surface area (Å²) in [4.78, 5) is 13.3. The molecule has 0 bridgehead atoms. The van der Waals surface area contributed by atoms with Crippen molar-refractivity contribution in [2.45, 2.75) is 70.5 Å². The third-order valence-corrected chi connectivity index (χ3v) is 8.96. The monoisotopic (exact) mass is 569 g/mol. The van der Waals surface area contributed by atoms with Gasteiger partial charge in [0, 0.05) is 17.0 Å². The van der Waals surface area contributed by atoms with E-state index in [2.05, 4.69) is 66.8 Å². The fourth-order valence-electron chi connectivity index (χ4n) is 6.17. The Morgan fingerprint density at radius 1 is 1.19 bits per heavy atom. The summed E-state index contributed by atoms with van der Waals surface area (Å²) in [6.07, 6.45) is 7.33. The van der Waals surface area contributed by atoms with Crippen LogP contribution < -0.4 is 5.73 Å². The van der Waals surface area contributed by atoms with Crippen LogP contribution in [0.1, 0.15) is 51.6 Å². The van der Waals surface area contributed by atoms with Gasteiger partial charge in [0.25, 0.3) is 0 Å². The Bertz CT molecular complexity index is 1470. The van der Waals surface area contributed by atoms with E-state index in [0.29, 0.717) is 11.0 Å². The highest BCUT2D eigenvalue weighted by Gasteiger charge is 2.60. The minimum atomic E-state index is -0.637. The van der Waals surface area contributed by atoms with E-state index < -0.39 is 5.79 Å². The molecule has 0 unspecified atom stereocenters. The smallest absolute Gasteiger partial charge is 0.163 e. The standard InChI is InChI=1S/C27H29BrClN5O2/c1-4-27(9-7-15-5-6-16-12-18(28)24(30)33-19(16)11-15)13-20(21-22(27)36-26(2,3)35-21)34-10-8-17-23(29)31-14-32-25(17)34/h5-6,8,10-12,14,20-22H,4,7,9,13H2,1-3H3,(H2,30,33)/t20-,21+,22+,27+/m1/s1. The van der Waals surface area contributed by atoms with Gasteiger partial charge in [-0.15, -0.1) is 0 Å². The second-order valence-electron chi connectivity index (χ2n) is 10.5. The number of anilines is 1. The molecule has 36 heavy (non-hydrogen) atoms. The van der Waals surface area contributed by atoms with Gasteiger partial charge in [-0.1, -0.05) is 30.7 Å². The summed E-state index contributed by atoms with van der Waals surface area (Å²) >= 11 is 9.83. The highest BCUT2D eigenvalue weighted by molar-refractivity contribution is 9.10. The molecule has 0 amide bonds. The van der Waals surface area contributed by atoms with Crippen molar-refractivity contribution < 1.29 is 9.47 Å². The first-order valence-electron chi connectivity index (χ1n) is 12.4. The van der Waals surface area contributed by atoms with Crippen LogP contribution in [0.15, 0.2) is 47.3 Å². The van der Waals surface area contributed by atoms with Gasteiger partial charge in [0.1, 0.15) is 29.0 Å². The summed E-state index contributed by atoms with van der Waals surface area (Å²) in [6, 6.07) is 10.6. The number of hydrogen-bond acceptors (Lipinski definition) is 6. The van der Waals surface area contributed by atoms with Gasteiger partial charge in [-0.2, -0.15) is 0 Å². The largest absolute Gasteiger partial charge is 0.383 e. The maximum atomic E-state index is 6.60. The fraction of sp³-hybridized carbons (Fsp3) is 0.444. The number of ether oxygens (including phenoxy) is 2. The lowest BCUT2D eigenvalue weighted by Crippen LogP contribution is -2.36. The highest BCUT2D eigenvalue weighted by Crippen LogP contribution is 2.57. The van der Waals surface area contributed by atoms with E-state index in [4.69, 9.17) is 26.8 Å². The van der Waals surface area contributed by atoms with Gasteiger partial charge >= 0.3 is 0 Å². The van der Waals surface area contributed by atoms with Crippen molar-refractivity contribution in [1.29, 1.82) is 0 Å². The van der Waals surface area contributed by atoms with Crippen LogP contribution in [-0.2, 0) is 15.9 Å². The van der Waals surface area contributed by atoms with Gasteiger partial charge in [-0.3, -0.25) is 0 Å². The Labute approximate surface area is 223 Å². The van der Waals surface area contributed by atoms with Gasteiger partial charge in [-0.05, 0) is 79.2 Å².